The quantitative estimate of drug-likeness (QED) is 0.736. The van der Waals surface area contributed by atoms with Gasteiger partial charge in [-0.05, 0) is 19.3 Å². The van der Waals surface area contributed by atoms with Crippen LogP contribution in [0.1, 0.15) is 19.8 Å². The van der Waals surface area contributed by atoms with Gasteiger partial charge in [-0.25, -0.2) is 8.42 Å². The Kier molecular flexibility index (Phi) is 3.73. The van der Waals surface area contributed by atoms with Crippen LogP contribution in [0.3, 0.4) is 0 Å². The molecule has 2 heterocycles. The Morgan fingerprint density at radius 3 is 2.82 bits per heavy atom. The van der Waals surface area contributed by atoms with Gasteiger partial charge in [-0.15, -0.1) is 0 Å². The summed E-state index contributed by atoms with van der Waals surface area (Å²) in [5, 5.41) is 3.28. The van der Waals surface area contributed by atoms with Gasteiger partial charge in [-0.2, -0.15) is 0 Å². The van der Waals surface area contributed by atoms with Crippen LogP contribution < -0.4 is 5.32 Å². The smallest absolute Gasteiger partial charge is 0.222 e. The summed E-state index contributed by atoms with van der Waals surface area (Å²) < 4.78 is 22.6. The first-order chi connectivity index (χ1) is 7.96. The van der Waals surface area contributed by atoms with Gasteiger partial charge < -0.3 is 10.2 Å². The normalized spacial score (nSPS) is 32.6. The Hall–Kier alpha value is -0.620. The summed E-state index contributed by atoms with van der Waals surface area (Å²) in [4.78, 5) is 13.9. The lowest BCUT2D eigenvalue weighted by Gasteiger charge is -2.32. The summed E-state index contributed by atoms with van der Waals surface area (Å²) in [7, 11) is -2.87. The lowest BCUT2D eigenvalue weighted by molar-refractivity contribution is -0.133. The van der Waals surface area contributed by atoms with Crippen LogP contribution in [0.15, 0.2) is 0 Å². The summed E-state index contributed by atoms with van der Waals surface area (Å²) in [6.45, 7) is 4.36. The monoisotopic (exact) mass is 260 g/mol. The second-order valence-electron chi connectivity index (χ2n) is 5.17. The molecule has 98 valence electrons. The molecular formula is C11H20N2O3S. The molecule has 1 amide bonds. The average Bonchev–Trinajstić information content (AvgIpc) is 2.58. The second kappa shape index (κ2) is 4.94. The van der Waals surface area contributed by atoms with E-state index in [1.165, 1.54) is 0 Å². The van der Waals surface area contributed by atoms with E-state index in [1.54, 1.807) is 0 Å². The molecule has 2 atom stereocenters. The van der Waals surface area contributed by atoms with Crippen LogP contribution in [0.25, 0.3) is 0 Å². The van der Waals surface area contributed by atoms with Gasteiger partial charge >= 0.3 is 0 Å². The van der Waals surface area contributed by atoms with Gasteiger partial charge in [-0.3, -0.25) is 4.79 Å². The minimum atomic E-state index is -2.87. The largest absolute Gasteiger partial charge is 0.340 e. The molecule has 17 heavy (non-hydrogen) atoms. The molecule has 0 aliphatic carbocycles. The van der Waals surface area contributed by atoms with E-state index >= 15 is 0 Å². The van der Waals surface area contributed by atoms with Crippen LogP contribution in [0.4, 0.5) is 0 Å². The molecule has 0 radical (unpaired) electrons. The molecular weight excluding hydrogens is 240 g/mol. The van der Waals surface area contributed by atoms with Crippen molar-refractivity contribution in [2.75, 3.05) is 31.1 Å². The number of carbonyl (C=O) groups is 1. The fourth-order valence-corrected chi connectivity index (χ4v) is 4.43. The molecule has 1 N–H and O–H groups in total. The van der Waals surface area contributed by atoms with Crippen molar-refractivity contribution < 1.29 is 13.2 Å². The highest BCUT2D eigenvalue weighted by Crippen LogP contribution is 2.22. The van der Waals surface area contributed by atoms with Crippen molar-refractivity contribution >= 4 is 15.7 Å². The average molecular weight is 260 g/mol. The van der Waals surface area contributed by atoms with Gasteiger partial charge in [0, 0.05) is 32.1 Å². The third-order valence-corrected chi connectivity index (χ3v) is 5.35. The first-order valence-corrected chi connectivity index (χ1v) is 8.00. The number of hydrogen-bond acceptors (Lipinski definition) is 4. The van der Waals surface area contributed by atoms with Crippen LogP contribution in [0.5, 0.6) is 0 Å². The summed E-state index contributed by atoms with van der Waals surface area (Å²) >= 11 is 0. The van der Waals surface area contributed by atoms with Crippen LogP contribution >= 0.6 is 0 Å². The Balaban J connectivity index is 1.85. The Labute approximate surface area is 102 Å². The van der Waals surface area contributed by atoms with Crippen molar-refractivity contribution in [3.05, 3.63) is 0 Å². The van der Waals surface area contributed by atoms with Crippen molar-refractivity contribution in [3.8, 4) is 0 Å². The van der Waals surface area contributed by atoms with Crippen molar-refractivity contribution in [2.45, 2.75) is 25.8 Å². The van der Waals surface area contributed by atoms with E-state index in [-0.39, 0.29) is 23.3 Å². The van der Waals surface area contributed by atoms with E-state index in [1.807, 2.05) is 4.90 Å². The third-order valence-electron chi connectivity index (χ3n) is 3.51. The standard InChI is InChI=1S/C11H20N2O3S/c1-9-7-13(4-3-12-9)11(14)6-10-2-5-17(15,16)8-10/h9-10,12H,2-8H2,1H3. The number of nitrogens with zero attached hydrogens (tertiary/aromatic N) is 1. The zero-order valence-corrected chi connectivity index (χ0v) is 11.0. The Bertz CT molecular complexity index is 394. The molecule has 5 nitrogen and oxygen atoms in total. The first-order valence-electron chi connectivity index (χ1n) is 6.18. The lowest BCUT2D eigenvalue weighted by atomic mass is 10.0. The van der Waals surface area contributed by atoms with E-state index in [2.05, 4.69) is 12.2 Å². The molecule has 2 saturated heterocycles. The molecule has 6 heteroatoms. The molecule has 0 saturated carbocycles. The van der Waals surface area contributed by atoms with E-state index in [9.17, 15) is 13.2 Å². The molecule has 2 fully saturated rings. The molecule has 2 rings (SSSR count). The van der Waals surface area contributed by atoms with Gasteiger partial charge in [0.05, 0.1) is 11.5 Å². The third kappa shape index (κ3) is 3.42. The molecule has 0 aromatic heterocycles. The van der Waals surface area contributed by atoms with E-state index < -0.39 is 9.84 Å². The number of nitrogens with one attached hydrogen (secondary N) is 1. The predicted octanol–water partition coefficient (Wildman–Crippen LogP) is -0.368. The van der Waals surface area contributed by atoms with Gasteiger partial charge in [-0.1, -0.05) is 0 Å². The number of hydrogen-bond donors (Lipinski definition) is 1. The summed E-state index contributed by atoms with van der Waals surface area (Å²) in [5.74, 6) is 0.599. The van der Waals surface area contributed by atoms with Crippen LogP contribution in [0, 0.1) is 5.92 Å². The summed E-state index contributed by atoms with van der Waals surface area (Å²) in [6.07, 6.45) is 1.04. The van der Waals surface area contributed by atoms with Crippen molar-refractivity contribution in [1.82, 2.24) is 10.2 Å². The fraction of sp³-hybridized carbons (Fsp3) is 0.909. The van der Waals surface area contributed by atoms with E-state index in [0.717, 1.165) is 19.6 Å². The molecule has 0 aromatic carbocycles. The molecule has 2 aliphatic rings. The fourth-order valence-electron chi connectivity index (χ4n) is 2.57. The predicted molar refractivity (Wildman–Crippen MR) is 65.4 cm³/mol. The first kappa shape index (κ1) is 12.8. The number of amides is 1. The van der Waals surface area contributed by atoms with E-state index in [4.69, 9.17) is 0 Å². The summed E-state index contributed by atoms with van der Waals surface area (Å²) in [5.41, 5.74) is 0. The van der Waals surface area contributed by atoms with Crippen molar-refractivity contribution in [1.29, 1.82) is 0 Å². The van der Waals surface area contributed by atoms with Crippen molar-refractivity contribution in [3.63, 3.8) is 0 Å². The van der Waals surface area contributed by atoms with Crippen LogP contribution in [-0.2, 0) is 14.6 Å². The molecule has 0 bridgehead atoms. The zero-order valence-electron chi connectivity index (χ0n) is 10.2. The maximum Gasteiger partial charge on any atom is 0.222 e. The highest BCUT2D eigenvalue weighted by Gasteiger charge is 2.31. The minimum Gasteiger partial charge on any atom is -0.340 e. The number of rotatable bonds is 2. The van der Waals surface area contributed by atoms with Gasteiger partial charge in [0.2, 0.25) is 5.91 Å². The highest BCUT2D eigenvalue weighted by atomic mass is 32.2. The molecule has 0 spiro atoms. The Morgan fingerprint density at radius 2 is 2.24 bits per heavy atom. The minimum absolute atomic E-state index is 0.0395. The van der Waals surface area contributed by atoms with E-state index in [0.29, 0.717) is 18.9 Å². The number of carbonyl (C=O) groups excluding carboxylic acids is 1. The Morgan fingerprint density at radius 1 is 1.47 bits per heavy atom. The maximum atomic E-state index is 12.0. The van der Waals surface area contributed by atoms with Crippen LogP contribution in [-0.4, -0.2) is 56.4 Å². The lowest BCUT2D eigenvalue weighted by Crippen LogP contribution is -2.51. The van der Waals surface area contributed by atoms with Gasteiger partial charge in [0.25, 0.3) is 0 Å². The number of piperazine rings is 1. The van der Waals surface area contributed by atoms with Crippen LogP contribution in [0.2, 0.25) is 0 Å². The zero-order chi connectivity index (χ0) is 12.5. The SMILES string of the molecule is CC1CN(C(=O)CC2CCS(=O)(=O)C2)CCN1. The topological polar surface area (TPSA) is 66.5 Å². The molecule has 2 aliphatic heterocycles. The second-order valence-corrected chi connectivity index (χ2v) is 7.40. The van der Waals surface area contributed by atoms with Gasteiger partial charge in [0.15, 0.2) is 9.84 Å². The highest BCUT2D eigenvalue weighted by molar-refractivity contribution is 7.91. The maximum absolute atomic E-state index is 12.0. The number of sulfone groups is 1. The van der Waals surface area contributed by atoms with Crippen molar-refractivity contribution in [2.24, 2.45) is 5.92 Å². The molecule has 0 aromatic rings. The molecule has 2 unspecified atom stereocenters. The van der Waals surface area contributed by atoms with Gasteiger partial charge in [0.1, 0.15) is 0 Å². The summed E-state index contributed by atoms with van der Waals surface area (Å²) in [6, 6.07) is 0.333.